The summed E-state index contributed by atoms with van der Waals surface area (Å²) in [6, 6.07) is 4.11. The molecule has 3 aromatic rings. The minimum Gasteiger partial charge on any atom is -0.480 e. The summed E-state index contributed by atoms with van der Waals surface area (Å²) < 4.78 is 54.5. The molecule has 2 unspecified atom stereocenters. The van der Waals surface area contributed by atoms with E-state index in [1.54, 1.807) is 26.4 Å². The van der Waals surface area contributed by atoms with Crippen LogP contribution < -0.4 is 16.0 Å². The molecule has 1 aromatic heterocycles. The maximum Gasteiger partial charge on any atom is 0.326 e. The lowest BCUT2D eigenvalue weighted by Gasteiger charge is -2.31. The summed E-state index contributed by atoms with van der Waals surface area (Å²) >= 11 is 0. The van der Waals surface area contributed by atoms with Crippen LogP contribution in [-0.4, -0.2) is 74.3 Å². The van der Waals surface area contributed by atoms with Gasteiger partial charge in [0.2, 0.25) is 23.6 Å². The number of nitrogens with zero attached hydrogens (tertiary/aromatic N) is 3. The summed E-state index contributed by atoms with van der Waals surface area (Å²) in [4.78, 5) is 65.1. The molecular weight excluding hydrogens is 688 g/mol. The van der Waals surface area contributed by atoms with Crippen molar-refractivity contribution >= 4 is 35.4 Å². The van der Waals surface area contributed by atoms with Crippen molar-refractivity contribution in [3.8, 4) is 0 Å². The van der Waals surface area contributed by atoms with Gasteiger partial charge in [-0.3, -0.25) is 19.2 Å². The van der Waals surface area contributed by atoms with Crippen molar-refractivity contribution in [1.29, 1.82) is 0 Å². The van der Waals surface area contributed by atoms with Crippen molar-refractivity contribution in [3.63, 3.8) is 0 Å². The molecule has 1 saturated heterocycles. The van der Waals surface area contributed by atoms with Gasteiger partial charge in [0.15, 0.2) is 5.82 Å². The normalized spacial score (nSPS) is 14.0. The standard InChI is InChI=1S/C23H29F2N5O3.C13H15F2NO3/c1-3-4-20(27-22(32)11-16-9-17(24)12-18(25)10-16)23(33)28-21-13-30(14-26-21)19-5-7-29(8-6-19)15(2)31;1-2-3-11(13(18)19)16-12(17)6-8-4-9(14)7-10(15)5-8/h9-10,12-14,19-20H,3-8,11H2,1-2H3,(H,27,32)(H,28,33);4-5,7,11H,2-3,6H2,1H3,(H,16,17)(H,18,19). The molecule has 4 amide bonds. The largest absolute Gasteiger partial charge is 0.480 e. The fourth-order valence-corrected chi connectivity index (χ4v) is 5.68. The number of aromatic nitrogens is 2. The molecule has 2 atom stereocenters. The molecule has 1 fully saturated rings. The van der Waals surface area contributed by atoms with Crippen molar-refractivity contribution in [2.45, 2.75) is 90.3 Å². The Labute approximate surface area is 299 Å². The number of carbonyl (C=O) groups excluding carboxylic acids is 4. The van der Waals surface area contributed by atoms with Crippen molar-refractivity contribution < 1.29 is 46.6 Å². The van der Waals surface area contributed by atoms with Crippen LogP contribution in [0.3, 0.4) is 0 Å². The van der Waals surface area contributed by atoms with E-state index in [-0.39, 0.29) is 35.9 Å². The summed E-state index contributed by atoms with van der Waals surface area (Å²) in [7, 11) is 0. The number of carboxylic acids is 1. The number of carboxylic acid groups (broad SMARTS) is 1. The predicted molar refractivity (Wildman–Crippen MR) is 183 cm³/mol. The number of hydrogen-bond donors (Lipinski definition) is 4. The molecule has 2 heterocycles. The number of hydrogen-bond acceptors (Lipinski definition) is 6. The maximum atomic E-state index is 13.4. The summed E-state index contributed by atoms with van der Waals surface area (Å²) in [6.07, 6.45) is 6.46. The van der Waals surface area contributed by atoms with Crippen molar-refractivity contribution in [1.82, 2.24) is 25.1 Å². The topological polar surface area (TPSA) is 163 Å². The molecule has 0 radical (unpaired) electrons. The Morgan fingerprint density at radius 1 is 0.788 bits per heavy atom. The van der Waals surface area contributed by atoms with E-state index in [2.05, 4.69) is 20.9 Å². The van der Waals surface area contributed by atoms with E-state index >= 15 is 0 Å². The Kier molecular flexibility index (Phi) is 15.8. The van der Waals surface area contributed by atoms with E-state index < -0.39 is 59.0 Å². The Morgan fingerprint density at radius 3 is 1.69 bits per heavy atom. The number of imidazole rings is 1. The molecule has 0 aliphatic carbocycles. The monoisotopic (exact) mass is 732 g/mol. The maximum absolute atomic E-state index is 13.4. The molecule has 1 aliphatic heterocycles. The quantitative estimate of drug-likeness (QED) is 0.175. The Morgan fingerprint density at radius 2 is 1.25 bits per heavy atom. The zero-order chi connectivity index (χ0) is 38.4. The van der Waals surface area contributed by atoms with Crippen molar-refractivity contribution in [2.75, 3.05) is 18.4 Å². The number of nitrogens with one attached hydrogen (secondary N) is 3. The molecule has 16 heteroatoms. The van der Waals surface area contributed by atoms with E-state index in [1.165, 1.54) is 0 Å². The predicted octanol–water partition coefficient (Wildman–Crippen LogP) is 4.69. The summed E-state index contributed by atoms with van der Waals surface area (Å²) in [5.74, 6) is -5.24. The number of halogens is 4. The van der Waals surface area contributed by atoms with Crippen molar-refractivity contribution in [2.24, 2.45) is 0 Å². The fourth-order valence-electron chi connectivity index (χ4n) is 5.68. The van der Waals surface area contributed by atoms with Gasteiger partial charge in [0.25, 0.3) is 0 Å². The smallest absolute Gasteiger partial charge is 0.326 e. The second kappa shape index (κ2) is 19.9. The van der Waals surface area contributed by atoms with Crippen LogP contribution in [0.5, 0.6) is 0 Å². The lowest BCUT2D eigenvalue weighted by Crippen LogP contribution is -2.44. The number of amides is 4. The van der Waals surface area contributed by atoms with Gasteiger partial charge < -0.3 is 30.5 Å². The molecule has 12 nitrogen and oxygen atoms in total. The third kappa shape index (κ3) is 13.5. The molecule has 1 aliphatic rings. The average molecular weight is 733 g/mol. The van der Waals surface area contributed by atoms with Gasteiger partial charge in [-0.2, -0.15) is 0 Å². The van der Waals surface area contributed by atoms with Crippen LogP contribution in [0.25, 0.3) is 0 Å². The molecular formula is C36H44F4N6O6. The van der Waals surface area contributed by atoms with Gasteiger partial charge in [0.1, 0.15) is 35.4 Å². The Balaban J connectivity index is 0.000000326. The third-order valence-electron chi connectivity index (χ3n) is 8.20. The zero-order valence-electron chi connectivity index (χ0n) is 29.3. The molecule has 4 N–H and O–H groups in total. The van der Waals surface area contributed by atoms with Crippen LogP contribution in [0.15, 0.2) is 48.9 Å². The summed E-state index contributed by atoms with van der Waals surface area (Å²) in [5, 5.41) is 16.6. The van der Waals surface area contributed by atoms with Crippen molar-refractivity contribution in [3.05, 3.63) is 83.3 Å². The number of piperidine rings is 1. The molecule has 4 rings (SSSR count). The number of likely N-dealkylation sites (tertiary alicyclic amines) is 1. The first kappa shape index (κ1) is 41.1. The lowest BCUT2D eigenvalue weighted by molar-refractivity contribution is -0.142. The van der Waals surface area contributed by atoms with Gasteiger partial charge in [0, 0.05) is 44.4 Å². The van der Waals surface area contributed by atoms with E-state index in [0.29, 0.717) is 50.7 Å². The Hall–Kier alpha value is -5.28. The molecule has 52 heavy (non-hydrogen) atoms. The van der Waals surface area contributed by atoms with Crippen LogP contribution in [0.1, 0.15) is 76.5 Å². The molecule has 0 bridgehead atoms. The van der Waals surface area contributed by atoms with E-state index in [0.717, 1.165) is 43.2 Å². The second-order valence-electron chi connectivity index (χ2n) is 12.5. The van der Waals surface area contributed by atoms with Gasteiger partial charge in [-0.25, -0.2) is 27.3 Å². The number of anilines is 1. The van der Waals surface area contributed by atoms with Crippen LogP contribution in [0.4, 0.5) is 23.4 Å². The molecule has 0 saturated carbocycles. The number of carbonyl (C=O) groups is 5. The minimum atomic E-state index is -1.12. The van der Waals surface area contributed by atoms with Gasteiger partial charge in [0.05, 0.1) is 19.2 Å². The van der Waals surface area contributed by atoms with E-state index in [9.17, 15) is 41.5 Å². The van der Waals surface area contributed by atoms with Crippen LogP contribution in [-0.2, 0) is 36.8 Å². The SMILES string of the molecule is CCCC(NC(=O)Cc1cc(F)cc(F)c1)C(=O)Nc1cn(C2CCN(C(C)=O)CC2)cn1.CCCC(NC(=O)Cc1cc(F)cc(F)c1)C(=O)O. The van der Waals surface area contributed by atoms with Gasteiger partial charge in [-0.1, -0.05) is 26.7 Å². The first-order chi connectivity index (χ1) is 24.7. The average Bonchev–Trinajstić information content (AvgIpc) is 3.52. The first-order valence-electron chi connectivity index (χ1n) is 17.0. The van der Waals surface area contributed by atoms with Crippen LogP contribution in [0, 0.1) is 23.3 Å². The van der Waals surface area contributed by atoms with E-state index in [1.807, 2.05) is 16.4 Å². The molecule has 0 spiro atoms. The third-order valence-corrected chi connectivity index (χ3v) is 8.20. The number of benzene rings is 2. The highest BCUT2D eigenvalue weighted by Gasteiger charge is 2.24. The number of aliphatic carboxylic acids is 1. The highest BCUT2D eigenvalue weighted by Crippen LogP contribution is 2.23. The first-order valence-corrected chi connectivity index (χ1v) is 17.0. The van der Waals surface area contributed by atoms with E-state index in [4.69, 9.17) is 5.11 Å². The second-order valence-corrected chi connectivity index (χ2v) is 12.5. The highest BCUT2D eigenvalue weighted by molar-refractivity contribution is 5.96. The van der Waals surface area contributed by atoms with Crippen LogP contribution in [0.2, 0.25) is 0 Å². The number of rotatable bonds is 14. The van der Waals surface area contributed by atoms with Crippen LogP contribution >= 0.6 is 0 Å². The van der Waals surface area contributed by atoms with Gasteiger partial charge in [-0.15, -0.1) is 0 Å². The lowest BCUT2D eigenvalue weighted by atomic mass is 10.1. The van der Waals surface area contributed by atoms with Gasteiger partial charge in [-0.05, 0) is 61.1 Å². The Bertz CT molecular complexity index is 1670. The summed E-state index contributed by atoms with van der Waals surface area (Å²) in [6.45, 7) is 6.60. The summed E-state index contributed by atoms with van der Waals surface area (Å²) in [5.41, 5.74) is 0.353. The fraction of sp³-hybridized carbons (Fsp3) is 0.444. The highest BCUT2D eigenvalue weighted by atomic mass is 19.1. The zero-order valence-corrected chi connectivity index (χ0v) is 29.3. The minimum absolute atomic E-state index is 0.0681. The molecule has 282 valence electrons. The van der Waals surface area contributed by atoms with Gasteiger partial charge >= 0.3 is 5.97 Å². The molecule has 2 aromatic carbocycles.